The molecule has 0 radical (unpaired) electrons. The van der Waals surface area contributed by atoms with Crippen LogP contribution >= 0.6 is 0 Å². The lowest BCUT2D eigenvalue weighted by Crippen LogP contribution is -2.43. The summed E-state index contributed by atoms with van der Waals surface area (Å²) in [5.41, 5.74) is 30.6. The third-order valence-corrected chi connectivity index (χ3v) is 15.9. The number of anilines is 12. The molecule has 12 N–H and O–H groups in total. The van der Waals surface area contributed by atoms with Gasteiger partial charge in [-0.05, 0) is 138 Å². The summed E-state index contributed by atoms with van der Waals surface area (Å²) in [7, 11) is 0. The molecule has 3 aliphatic heterocycles. The quantitative estimate of drug-likeness (QED) is 0.0253. The van der Waals surface area contributed by atoms with Crippen LogP contribution in [0.4, 0.5) is 69.4 Å². The van der Waals surface area contributed by atoms with Crippen LogP contribution in [0.15, 0.2) is 160 Å². The number of hydrogen-bond acceptors (Lipinski definition) is 20. The van der Waals surface area contributed by atoms with Gasteiger partial charge < -0.3 is 68.4 Å². The zero-order valence-electron chi connectivity index (χ0n) is 52.6. The van der Waals surface area contributed by atoms with E-state index >= 15 is 0 Å². The highest BCUT2D eigenvalue weighted by Gasteiger charge is 2.26. The second-order valence-corrected chi connectivity index (χ2v) is 23.2. The first kappa shape index (κ1) is 63.8. The standard InChI is InChI=1S/C23H30N8.C23H29N7.C21H26N8O/c1-5-16(4)26-18-9-6-10-19(12-18)27-21-20-22(31(14-25-20)15(2)3)29-23(28-21)30-11-7-8-17(24)13-30;1-4-16(3)26-19-9-6-10-20(12-19)27-22-13-21(29-11-7-8-18(24)15-29)28-23-17(5-2)14-25-30(22)23;1-3-14-12-23-29-19(14)26-20(28-10-6-7-15(22)13-28)27-21(29)25-17-9-5-8-16(11-17)24-18(30)4-2/h5-6,9-10,12,14-15,17,26H,1,4,7-8,11,13,24H2,2-3H3,(H,27,28,29);4,6,9-10,12-14,18,26-27H,1,3,5,7-8,11,15,24H2,2H3;4-5,8-9,11-12,15H,2-3,6-7,10,13,22H2,1H3,(H,24,30)(H,25,26,27). The Bertz CT molecular complexity index is 3900. The molecule has 3 aliphatic rings. The van der Waals surface area contributed by atoms with Crippen molar-refractivity contribution in [2.75, 3.05) is 85.9 Å². The van der Waals surface area contributed by atoms with Gasteiger partial charge in [-0.1, -0.05) is 64.9 Å². The van der Waals surface area contributed by atoms with Gasteiger partial charge in [-0.2, -0.15) is 39.2 Å². The van der Waals surface area contributed by atoms with Gasteiger partial charge in [0.05, 0.1) is 18.7 Å². The molecule has 91 heavy (non-hydrogen) atoms. The molecule has 0 saturated carbocycles. The van der Waals surface area contributed by atoms with Crippen LogP contribution in [0.5, 0.6) is 0 Å². The number of nitrogens with one attached hydrogen (secondary N) is 6. The molecule has 3 aromatic carbocycles. The predicted octanol–water partition coefficient (Wildman–Crippen LogP) is 10.7. The summed E-state index contributed by atoms with van der Waals surface area (Å²) in [5.74, 6) is 4.10. The highest BCUT2D eigenvalue weighted by molar-refractivity contribution is 5.99. The number of fused-ring (bicyclic) bond motifs is 3. The third kappa shape index (κ3) is 15.8. The van der Waals surface area contributed by atoms with Gasteiger partial charge in [-0.3, -0.25) is 4.79 Å². The van der Waals surface area contributed by atoms with Gasteiger partial charge in [-0.25, -0.2) is 9.97 Å². The smallest absolute Gasteiger partial charge is 0.247 e. The highest BCUT2D eigenvalue weighted by atomic mass is 16.1. The molecule has 3 unspecified atom stereocenters. The maximum atomic E-state index is 11.6. The summed E-state index contributed by atoms with van der Waals surface area (Å²) >= 11 is 0. The van der Waals surface area contributed by atoms with Crippen LogP contribution in [0.3, 0.4) is 0 Å². The summed E-state index contributed by atoms with van der Waals surface area (Å²) in [6.45, 7) is 32.3. The molecule has 9 aromatic rings. The van der Waals surface area contributed by atoms with Crippen LogP contribution in [-0.2, 0) is 17.6 Å². The summed E-state index contributed by atoms with van der Waals surface area (Å²) in [5, 5.41) is 28.5. The van der Waals surface area contributed by atoms with Crippen molar-refractivity contribution in [2.45, 2.75) is 103 Å². The van der Waals surface area contributed by atoms with E-state index in [2.05, 4.69) is 133 Å². The Morgan fingerprint density at radius 2 is 1.07 bits per heavy atom. The zero-order valence-corrected chi connectivity index (χ0v) is 52.6. The number of allylic oxidation sites excluding steroid dienone is 2. The average Bonchev–Trinajstić information content (AvgIpc) is 1.74. The van der Waals surface area contributed by atoms with E-state index in [1.807, 2.05) is 96.0 Å². The molecule has 3 saturated heterocycles. The molecule has 24 heteroatoms. The van der Waals surface area contributed by atoms with E-state index in [9.17, 15) is 4.79 Å². The number of nitrogens with two attached hydrogens (primary N) is 3. The van der Waals surface area contributed by atoms with Crippen LogP contribution < -0.4 is 63.8 Å². The maximum Gasteiger partial charge on any atom is 0.247 e. The fourth-order valence-electron chi connectivity index (χ4n) is 11.1. The molecular weight excluding hydrogens is 1140 g/mol. The number of amides is 1. The van der Waals surface area contributed by atoms with Gasteiger partial charge in [0.25, 0.3) is 0 Å². The Morgan fingerprint density at radius 1 is 0.582 bits per heavy atom. The van der Waals surface area contributed by atoms with Crippen LogP contribution in [0, 0.1) is 0 Å². The van der Waals surface area contributed by atoms with E-state index in [0.717, 1.165) is 176 Å². The lowest BCUT2D eigenvalue weighted by Gasteiger charge is -2.32. The van der Waals surface area contributed by atoms with Crippen molar-refractivity contribution in [2.24, 2.45) is 17.2 Å². The first-order chi connectivity index (χ1) is 44.1. The number of aromatic nitrogens is 11. The topological polar surface area (TPSA) is 294 Å². The highest BCUT2D eigenvalue weighted by Crippen LogP contribution is 2.32. The summed E-state index contributed by atoms with van der Waals surface area (Å²) in [4.78, 5) is 47.0. The van der Waals surface area contributed by atoms with E-state index < -0.39 is 0 Å². The van der Waals surface area contributed by atoms with Gasteiger partial charge in [-0.15, -0.1) is 0 Å². The minimum absolute atomic E-state index is 0.121. The van der Waals surface area contributed by atoms with Gasteiger partial charge in [0, 0.05) is 126 Å². The number of imidazole rings is 1. The van der Waals surface area contributed by atoms with Crippen molar-refractivity contribution >= 4 is 97.8 Å². The van der Waals surface area contributed by atoms with Crippen molar-refractivity contribution in [1.82, 2.24) is 53.7 Å². The minimum Gasteiger partial charge on any atom is -0.356 e. The number of rotatable bonds is 20. The number of hydrogen-bond donors (Lipinski definition) is 9. The number of carbonyl (C=O) groups excluding carboxylic acids is 1. The van der Waals surface area contributed by atoms with Gasteiger partial charge >= 0.3 is 0 Å². The first-order valence-corrected chi connectivity index (χ1v) is 31.2. The second-order valence-electron chi connectivity index (χ2n) is 23.2. The van der Waals surface area contributed by atoms with E-state index in [4.69, 9.17) is 42.1 Å². The third-order valence-electron chi connectivity index (χ3n) is 15.9. The van der Waals surface area contributed by atoms with Crippen LogP contribution in [-0.4, -0.2) is 117 Å². The van der Waals surface area contributed by atoms with Crippen molar-refractivity contribution in [1.29, 1.82) is 0 Å². The molecule has 1 amide bonds. The zero-order chi connectivity index (χ0) is 64.1. The molecule has 0 bridgehead atoms. The lowest BCUT2D eigenvalue weighted by molar-refractivity contribution is -0.111. The summed E-state index contributed by atoms with van der Waals surface area (Å²) in [6.07, 6.45) is 18.1. The molecule has 24 nitrogen and oxygen atoms in total. The monoisotopic (exact) mass is 1230 g/mol. The molecule has 9 heterocycles. The Labute approximate surface area is 531 Å². The molecular formula is C67H85N23O. The number of nitrogens with zero attached hydrogens (tertiary/aromatic N) is 14. The van der Waals surface area contributed by atoms with Crippen LogP contribution in [0.2, 0.25) is 0 Å². The van der Waals surface area contributed by atoms with Gasteiger partial charge in [0.1, 0.15) is 11.6 Å². The van der Waals surface area contributed by atoms with Crippen LogP contribution in [0.25, 0.3) is 22.5 Å². The van der Waals surface area contributed by atoms with Gasteiger partial charge in [0.2, 0.25) is 23.8 Å². The Balaban J connectivity index is 0.000000150. The fourth-order valence-corrected chi connectivity index (χ4v) is 11.1. The molecule has 0 spiro atoms. The molecule has 3 atom stereocenters. The van der Waals surface area contributed by atoms with Crippen molar-refractivity contribution in [3.05, 3.63) is 171 Å². The molecule has 12 rings (SSSR count). The van der Waals surface area contributed by atoms with Crippen LogP contribution in [0.1, 0.15) is 83.4 Å². The largest absolute Gasteiger partial charge is 0.356 e. The van der Waals surface area contributed by atoms with E-state index in [-0.39, 0.29) is 30.1 Å². The van der Waals surface area contributed by atoms with Crippen molar-refractivity contribution in [3.63, 3.8) is 0 Å². The molecule has 0 aliphatic carbocycles. The molecule has 3 fully saturated rings. The number of aryl methyl sites for hydroxylation is 2. The number of carbonyl (C=O) groups is 1. The fraction of sp³-hybridized carbons (Fsp3) is 0.328. The Hall–Kier alpha value is -10.2. The minimum atomic E-state index is -0.264. The average molecular weight is 1230 g/mol. The Kier molecular flexibility index (Phi) is 20.6. The maximum absolute atomic E-state index is 11.6. The Morgan fingerprint density at radius 3 is 1.60 bits per heavy atom. The summed E-state index contributed by atoms with van der Waals surface area (Å²) in [6, 6.07) is 26.1. The second kappa shape index (κ2) is 29.4. The van der Waals surface area contributed by atoms with E-state index in [0.29, 0.717) is 29.4 Å². The SMILES string of the molecule is C=CC(=C)Nc1cccc(Nc2cc(N3CCCC(N)C3)nc3c(CC)cnn23)c1.C=CC(=C)Nc1cccc(Nc2nc(N3CCCC(N)C3)nc3c2ncn3C(C)C)c1.C=CC(=O)Nc1cccc(Nc2nc(N3CCCC(N)C3)nc3c(CC)cnn23)c1. The molecule has 474 valence electrons. The van der Waals surface area contributed by atoms with Gasteiger partial charge in [0.15, 0.2) is 28.3 Å². The lowest BCUT2D eigenvalue weighted by atomic mass is 10.1. The first-order valence-electron chi connectivity index (χ1n) is 31.2. The number of benzene rings is 3. The normalized spacial score (nSPS) is 16.5. The molecule has 6 aromatic heterocycles. The van der Waals surface area contributed by atoms with Crippen molar-refractivity contribution < 1.29 is 4.79 Å². The van der Waals surface area contributed by atoms with E-state index in [1.165, 1.54) is 6.08 Å². The van der Waals surface area contributed by atoms with Crippen molar-refractivity contribution in [3.8, 4) is 0 Å². The van der Waals surface area contributed by atoms with E-state index in [1.54, 1.807) is 16.7 Å². The number of piperidine rings is 3. The summed E-state index contributed by atoms with van der Waals surface area (Å²) < 4.78 is 5.65. The predicted molar refractivity (Wildman–Crippen MR) is 370 cm³/mol.